The van der Waals surface area contributed by atoms with E-state index in [4.69, 9.17) is 5.11 Å². The van der Waals surface area contributed by atoms with Gasteiger partial charge in [-0.25, -0.2) is 0 Å². The predicted octanol–water partition coefficient (Wildman–Crippen LogP) is 1.73. The van der Waals surface area contributed by atoms with Crippen LogP contribution in [0.25, 0.3) is 0 Å². The van der Waals surface area contributed by atoms with Gasteiger partial charge in [0.2, 0.25) is 0 Å². The summed E-state index contributed by atoms with van der Waals surface area (Å²) in [6, 6.07) is 1.69. The first-order chi connectivity index (χ1) is 8.90. The summed E-state index contributed by atoms with van der Waals surface area (Å²) >= 11 is 0. The minimum atomic E-state index is -0.774. The molecule has 1 rings (SSSR count). The lowest BCUT2D eigenvalue weighted by Crippen LogP contribution is -2.32. The Kier molecular flexibility index (Phi) is 5.54. The molecule has 19 heavy (non-hydrogen) atoms. The van der Waals surface area contributed by atoms with Crippen molar-refractivity contribution in [2.45, 2.75) is 46.1 Å². The van der Waals surface area contributed by atoms with E-state index in [1.807, 2.05) is 13.8 Å². The van der Waals surface area contributed by atoms with Crippen molar-refractivity contribution in [2.75, 3.05) is 0 Å². The largest absolute Gasteiger partial charge is 0.481 e. The van der Waals surface area contributed by atoms with Gasteiger partial charge in [0.1, 0.15) is 5.69 Å². The van der Waals surface area contributed by atoms with E-state index in [1.165, 1.54) is 0 Å². The molecule has 0 saturated carbocycles. The molecule has 1 heterocycles. The third kappa shape index (κ3) is 5.11. The van der Waals surface area contributed by atoms with E-state index >= 15 is 0 Å². The van der Waals surface area contributed by atoms with E-state index in [-0.39, 0.29) is 17.9 Å². The maximum atomic E-state index is 11.8. The van der Waals surface area contributed by atoms with Gasteiger partial charge in [-0.05, 0) is 32.8 Å². The van der Waals surface area contributed by atoms with Gasteiger partial charge in [-0.3, -0.25) is 14.7 Å². The molecular weight excluding hydrogens is 246 g/mol. The number of carbonyl (C=O) groups excluding carboxylic acids is 1. The maximum absolute atomic E-state index is 11.8. The van der Waals surface area contributed by atoms with Crippen LogP contribution in [-0.2, 0) is 4.79 Å². The van der Waals surface area contributed by atoms with Crippen molar-refractivity contribution in [3.8, 4) is 0 Å². The van der Waals surface area contributed by atoms with Gasteiger partial charge in [-0.1, -0.05) is 13.3 Å². The number of hydrogen-bond donors (Lipinski definition) is 3. The number of carbonyl (C=O) groups is 2. The van der Waals surface area contributed by atoms with Gasteiger partial charge >= 0.3 is 5.97 Å². The standard InChI is InChI=1S/C13H21N3O3/c1-8(13(18)19)5-4-6-9(2)14-12(17)11-7-10(3)15-16-11/h7-9H,4-6H2,1-3H3,(H,14,17)(H,15,16)(H,18,19). The highest BCUT2D eigenvalue weighted by atomic mass is 16.4. The Hall–Kier alpha value is -1.85. The van der Waals surface area contributed by atoms with Gasteiger partial charge < -0.3 is 10.4 Å². The molecule has 0 saturated heterocycles. The van der Waals surface area contributed by atoms with Crippen LogP contribution in [0.2, 0.25) is 0 Å². The number of aliphatic carboxylic acids is 1. The number of carboxylic acid groups (broad SMARTS) is 1. The Labute approximate surface area is 112 Å². The topological polar surface area (TPSA) is 95.1 Å². The molecule has 0 aliphatic rings. The summed E-state index contributed by atoms with van der Waals surface area (Å²) in [4.78, 5) is 22.4. The van der Waals surface area contributed by atoms with E-state index in [9.17, 15) is 9.59 Å². The quantitative estimate of drug-likeness (QED) is 0.701. The SMILES string of the molecule is Cc1cc(C(=O)NC(C)CCCC(C)C(=O)O)n[nH]1. The van der Waals surface area contributed by atoms with Crippen molar-refractivity contribution < 1.29 is 14.7 Å². The zero-order chi connectivity index (χ0) is 14.4. The summed E-state index contributed by atoms with van der Waals surface area (Å²) in [6.07, 6.45) is 2.15. The fraction of sp³-hybridized carbons (Fsp3) is 0.615. The van der Waals surface area contributed by atoms with Crippen LogP contribution >= 0.6 is 0 Å². The van der Waals surface area contributed by atoms with Crippen molar-refractivity contribution in [1.29, 1.82) is 0 Å². The normalized spacial score (nSPS) is 13.8. The Morgan fingerprint density at radius 2 is 2.11 bits per heavy atom. The van der Waals surface area contributed by atoms with Crippen molar-refractivity contribution in [1.82, 2.24) is 15.5 Å². The first-order valence-electron chi connectivity index (χ1n) is 6.45. The number of carboxylic acids is 1. The molecule has 0 aromatic carbocycles. The number of nitrogens with one attached hydrogen (secondary N) is 2. The lowest BCUT2D eigenvalue weighted by atomic mass is 10.0. The number of rotatable bonds is 7. The summed E-state index contributed by atoms with van der Waals surface area (Å²) < 4.78 is 0. The second-order valence-electron chi connectivity index (χ2n) is 4.98. The molecule has 0 aliphatic carbocycles. The summed E-state index contributed by atoms with van der Waals surface area (Å²) in [5, 5.41) is 18.2. The molecule has 1 aromatic rings. The van der Waals surface area contributed by atoms with Crippen molar-refractivity contribution >= 4 is 11.9 Å². The average Bonchev–Trinajstić information content (AvgIpc) is 2.75. The molecule has 2 unspecified atom stereocenters. The summed E-state index contributed by atoms with van der Waals surface area (Å²) in [5.41, 5.74) is 1.22. The smallest absolute Gasteiger partial charge is 0.306 e. The van der Waals surface area contributed by atoms with Crippen molar-refractivity contribution in [3.63, 3.8) is 0 Å². The number of aryl methyl sites for hydroxylation is 1. The summed E-state index contributed by atoms with van der Waals surface area (Å²) in [6.45, 7) is 5.43. The van der Waals surface area contributed by atoms with Crippen molar-refractivity contribution in [2.24, 2.45) is 5.92 Å². The van der Waals surface area contributed by atoms with Gasteiger partial charge in [0, 0.05) is 11.7 Å². The molecule has 1 amide bonds. The number of hydrogen-bond acceptors (Lipinski definition) is 3. The molecule has 6 nitrogen and oxygen atoms in total. The number of nitrogens with zero attached hydrogens (tertiary/aromatic N) is 1. The second-order valence-corrected chi connectivity index (χ2v) is 4.98. The Morgan fingerprint density at radius 3 is 2.63 bits per heavy atom. The van der Waals surface area contributed by atoms with Crippen LogP contribution in [0.5, 0.6) is 0 Å². The van der Waals surface area contributed by atoms with E-state index < -0.39 is 5.97 Å². The number of aromatic nitrogens is 2. The number of H-pyrrole nitrogens is 1. The first kappa shape index (κ1) is 15.2. The highest BCUT2D eigenvalue weighted by Crippen LogP contribution is 2.10. The van der Waals surface area contributed by atoms with Crippen LogP contribution in [0.15, 0.2) is 6.07 Å². The number of amides is 1. The molecule has 106 valence electrons. The lowest BCUT2D eigenvalue weighted by molar-refractivity contribution is -0.141. The van der Waals surface area contributed by atoms with Crippen LogP contribution < -0.4 is 5.32 Å². The molecule has 0 bridgehead atoms. The fourth-order valence-electron chi connectivity index (χ4n) is 1.76. The highest BCUT2D eigenvalue weighted by Gasteiger charge is 2.14. The molecule has 0 aliphatic heterocycles. The third-order valence-corrected chi connectivity index (χ3v) is 3.01. The van der Waals surface area contributed by atoms with Crippen LogP contribution in [0, 0.1) is 12.8 Å². The van der Waals surface area contributed by atoms with Gasteiger partial charge in [-0.2, -0.15) is 5.10 Å². The van der Waals surface area contributed by atoms with Gasteiger partial charge in [0.15, 0.2) is 0 Å². The Bertz CT molecular complexity index is 442. The zero-order valence-electron chi connectivity index (χ0n) is 11.6. The molecule has 0 radical (unpaired) electrons. The van der Waals surface area contributed by atoms with Gasteiger partial charge in [-0.15, -0.1) is 0 Å². The van der Waals surface area contributed by atoms with Gasteiger partial charge in [0.05, 0.1) is 5.92 Å². The lowest BCUT2D eigenvalue weighted by Gasteiger charge is -2.13. The van der Waals surface area contributed by atoms with E-state index in [2.05, 4.69) is 15.5 Å². The fourth-order valence-corrected chi connectivity index (χ4v) is 1.76. The van der Waals surface area contributed by atoms with Crippen LogP contribution in [-0.4, -0.2) is 33.2 Å². The Balaban J connectivity index is 2.29. The van der Waals surface area contributed by atoms with Crippen LogP contribution in [0.4, 0.5) is 0 Å². The molecule has 3 N–H and O–H groups in total. The minimum absolute atomic E-state index is 0.00509. The minimum Gasteiger partial charge on any atom is -0.481 e. The third-order valence-electron chi connectivity index (χ3n) is 3.01. The second kappa shape index (κ2) is 6.92. The van der Waals surface area contributed by atoms with Gasteiger partial charge in [0.25, 0.3) is 5.91 Å². The molecular formula is C13H21N3O3. The van der Waals surface area contributed by atoms with E-state index in [1.54, 1.807) is 13.0 Å². The van der Waals surface area contributed by atoms with Crippen molar-refractivity contribution in [3.05, 3.63) is 17.5 Å². The summed E-state index contributed by atoms with van der Waals surface area (Å²) in [7, 11) is 0. The van der Waals surface area contributed by atoms with E-state index in [0.29, 0.717) is 12.1 Å². The highest BCUT2D eigenvalue weighted by molar-refractivity contribution is 5.92. The number of aromatic amines is 1. The predicted molar refractivity (Wildman–Crippen MR) is 70.9 cm³/mol. The van der Waals surface area contributed by atoms with Crippen LogP contribution in [0.3, 0.4) is 0 Å². The zero-order valence-corrected chi connectivity index (χ0v) is 11.6. The monoisotopic (exact) mass is 267 g/mol. The maximum Gasteiger partial charge on any atom is 0.306 e. The molecule has 6 heteroatoms. The molecule has 0 fully saturated rings. The summed E-state index contributed by atoms with van der Waals surface area (Å²) in [5.74, 6) is -1.32. The molecule has 1 aromatic heterocycles. The molecule has 2 atom stereocenters. The first-order valence-corrected chi connectivity index (χ1v) is 6.45. The molecule has 0 spiro atoms. The Morgan fingerprint density at radius 1 is 1.42 bits per heavy atom. The van der Waals surface area contributed by atoms with Crippen LogP contribution in [0.1, 0.15) is 49.3 Å². The average molecular weight is 267 g/mol. The van der Waals surface area contributed by atoms with E-state index in [0.717, 1.165) is 18.5 Å².